The maximum Gasteiger partial charge on any atom is 0.244 e. The van der Waals surface area contributed by atoms with E-state index in [0.717, 1.165) is 11.1 Å². The molecule has 0 saturated heterocycles. The van der Waals surface area contributed by atoms with Crippen molar-refractivity contribution in [2.75, 3.05) is 0 Å². The molecule has 2 aromatic carbocycles. The number of aromatic nitrogens is 4. The minimum atomic E-state index is -0.384. The Morgan fingerprint density at radius 3 is 2.44 bits per heavy atom. The molecule has 7 nitrogen and oxygen atoms in total. The van der Waals surface area contributed by atoms with Gasteiger partial charge in [-0.25, -0.2) is 0 Å². The van der Waals surface area contributed by atoms with Gasteiger partial charge in [-0.1, -0.05) is 60.7 Å². The number of nitrogens with zero attached hydrogens (tertiary/aromatic N) is 4. The van der Waals surface area contributed by atoms with Crippen molar-refractivity contribution in [1.29, 1.82) is 0 Å². The van der Waals surface area contributed by atoms with Crippen molar-refractivity contribution >= 4 is 5.91 Å². The average molecular weight is 359 g/mol. The summed E-state index contributed by atoms with van der Waals surface area (Å²) in [7, 11) is 0. The Balaban J connectivity index is 1.49. The van der Waals surface area contributed by atoms with Crippen LogP contribution >= 0.6 is 0 Å². The SMILES string of the molecule is O=C(Cn1nnc(-c2ccccc2)n1)NC(c1ccccc1)c1ccco1. The van der Waals surface area contributed by atoms with Crippen LogP contribution in [0, 0.1) is 0 Å². The quantitative estimate of drug-likeness (QED) is 0.572. The number of hydrogen-bond donors (Lipinski definition) is 1. The van der Waals surface area contributed by atoms with Gasteiger partial charge in [-0.15, -0.1) is 10.2 Å². The van der Waals surface area contributed by atoms with Gasteiger partial charge in [0.2, 0.25) is 11.7 Å². The largest absolute Gasteiger partial charge is 0.467 e. The third-order valence-corrected chi connectivity index (χ3v) is 4.04. The topological polar surface area (TPSA) is 85.8 Å². The van der Waals surface area contributed by atoms with Crippen molar-refractivity contribution in [3.05, 3.63) is 90.4 Å². The van der Waals surface area contributed by atoms with E-state index in [1.807, 2.05) is 66.7 Å². The zero-order chi connectivity index (χ0) is 18.5. The molecule has 27 heavy (non-hydrogen) atoms. The summed E-state index contributed by atoms with van der Waals surface area (Å²) in [5.74, 6) is 0.900. The first kappa shape index (κ1) is 16.7. The fourth-order valence-electron chi connectivity index (χ4n) is 2.77. The molecule has 0 saturated carbocycles. The Morgan fingerprint density at radius 1 is 1.00 bits per heavy atom. The predicted molar refractivity (Wildman–Crippen MR) is 98.4 cm³/mol. The second-order valence-corrected chi connectivity index (χ2v) is 5.94. The highest BCUT2D eigenvalue weighted by atomic mass is 16.3. The van der Waals surface area contributed by atoms with Gasteiger partial charge in [0.05, 0.1) is 6.26 Å². The van der Waals surface area contributed by atoms with E-state index in [4.69, 9.17) is 4.42 Å². The highest BCUT2D eigenvalue weighted by Gasteiger charge is 2.20. The van der Waals surface area contributed by atoms with Crippen LogP contribution in [-0.2, 0) is 11.3 Å². The van der Waals surface area contributed by atoms with E-state index >= 15 is 0 Å². The summed E-state index contributed by atoms with van der Waals surface area (Å²) >= 11 is 0. The smallest absolute Gasteiger partial charge is 0.244 e. The van der Waals surface area contributed by atoms with Crippen LogP contribution in [0.3, 0.4) is 0 Å². The number of benzene rings is 2. The molecule has 1 atom stereocenters. The van der Waals surface area contributed by atoms with Gasteiger partial charge >= 0.3 is 0 Å². The molecule has 4 rings (SSSR count). The van der Waals surface area contributed by atoms with Crippen molar-refractivity contribution in [2.45, 2.75) is 12.6 Å². The van der Waals surface area contributed by atoms with Crippen molar-refractivity contribution in [2.24, 2.45) is 0 Å². The Labute approximate surface area is 155 Å². The van der Waals surface area contributed by atoms with Crippen LogP contribution in [0.2, 0.25) is 0 Å². The van der Waals surface area contributed by atoms with Crippen molar-refractivity contribution < 1.29 is 9.21 Å². The van der Waals surface area contributed by atoms with Crippen LogP contribution in [0.15, 0.2) is 83.5 Å². The summed E-state index contributed by atoms with van der Waals surface area (Å²) in [5, 5.41) is 15.2. The lowest BCUT2D eigenvalue weighted by Crippen LogP contribution is -2.32. The van der Waals surface area contributed by atoms with Gasteiger partial charge < -0.3 is 9.73 Å². The molecule has 1 N–H and O–H groups in total. The Morgan fingerprint density at radius 2 is 1.74 bits per heavy atom. The van der Waals surface area contributed by atoms with E-state index in [1.165, 1.54) is 4.80 Å². The molecule has 134 valence electrons. The number of furan rings is 1. The molecular weight excluding hydrogens is 342 g/mol. The highest BCUT2D eigenvalue weighted by Crippen LogP contribution is 2.22. The second kappa shape index (κ2) is 7.65. The predicted octanol–water partition coefficient (Wildman–Crippen LogP) is 2.84. The van der Waals surface area contributed by atoms with Gasteiger partial charge in [-0.3, -0.25) is 4.79 Å². The average Bonchev–Trinajstić information content (AvgIpc) is 3.40. The van der Waals surface area contributed by atoms with Crippen LogP contribution < -0.4 is 5.32 Å². The lowest BCUT2D eigenvalue weighted by molar-refractivity contribution is -0.122. The first-order valence-corrected chi connectivity index (χ1v) is 8.50. The summed E-state index contributed by atoms with van der Waals surface area (Å²) < 4.78 is 5.50. The zero-order valence-electron chi connectivity index (χ0n) is 14.4. The molecule has 0 bridgehead atoms. The molecule has 0 spiro atoms. The number of nitrogens with one attached hydrogen (secondary N) is 1. The summed E-state index contributed by atoms with van der Waals surface area (Å²) in [6.07, 6.45) is 1.59. The van der Waals surface area contributed by atoms with Crippen LogP contribution in [0.5, 0.6) is 0 Å². The molecular formula is C20H17N5O2. The Kier molecular flexibility index (Phi) is 4.74. The summed E-state index contributed by atoms with van der Waals surface area (Å²) in [6, 6.07) is 22.4. The number of amides is 1. The van der Waals surface area contributed by atoms with E-state index in [-0.39, 0.29) is 18.5 Å². The summed E-state index contributed by atoms with van der Waals surface area (Å²) in [6.45, 7) is -0.0378. The first-order chi connectivity index (χ1) is 13.3. The van der Waals surface area contributed by atoms with Crippen molar-refractivity contribution in [1.82, 2.24) is 25.5 Å². The lowest BCUT2D eigenvalue weighted by Gasteiger charge is -2.16. The maximum atomic E-state index is 12.6. The normalized spacial score (nSPS) is 11.9. The first-order valence-electron chi connectivity index (χ1n) is 8.50. The van der Waals surface area contributed by atoms with Gasteiger partial charge in [0.25, 0.3) is 0 Å². The highest BCUT2D eigenvalue weighted by molar-refractivity contribution is 5.76. The Hall–Kier alpha value is -3.74. The third kappa shape index (κ3) is 3.92. The van der Waals surface area contributed by atoms with Crippen molar-refractivity contribution in [3.63, 3.8) is 0 Å². The van der Waals surface area contributed by atoms with Crippen LogP contribution in [0.4, 0.5) is 0 Å². The molecule has 1 amide bonds. The molecule has 1 unspecified atom stereocenters. The number of hydrogen-bond acceptors (Lipinski definition) is 5. The molecule has 0 radical (unpaired) electrons. The zero-order valence-corrected chi connectivity index (χ0v) is 14.4. The molecule has 7 heteroatoms. The molecule has 0 fully saturated rings. The van der Waals surface area contributed by atoms with Crippen molar-refractivity contribution in [3.8, 4) is 11.4 Å². The minimum absolute atomic E-state index is 0.0378. The number of rotatable bonds is 6. The molecule has 0 aliphatic rings. The lowest BCUT2D eigenvalue weighted by atomic mass is 10.0. The molecule has 2 aromatic heterocycles. The van der Waals surface area contributed by atoms with Crippen LogP contribution in [0.1, 0.15) is 17.4 Å². The van der Waals surface area contributed by atoms with E-state index in [1.54, 1.807) is 12.3 Å². The van der Waals surface area contributed by atoms with Gasteiger partial charge in [0, 0.05) is 5.56 Å². The standard InChI is InChI=1S/C20H17N5O2/c26-18(14-25-23-20(22-24-25)16-10-5-2-6-11-16)21-19(17-12-7-13-27-17)15-8-3-1-4-9-15/h1-13,19H,14H2,(H,21,26). The minimum Gasteiger partial charge on any atom is -0.467 e. The molecule has 4 aromatic rings. The van der Waals surface area contributed by atoms with Crippen LogP contribution in [-0.4, -0.2) is 26.1 Å². The molecule has 0 aliphatic carbocycles. The maximum absolute atomic E-state index is 12.6. The van der Waals surface area contributed by atoms with E-state index in [9.17, 15) is 4.79 Å². The molecule has 0 aliphatic heterocycles. The molecule has 2 heterocycles. The van der Waals surface area contributed by atoms with Crippen LogP contribution in [0.25, 0.3) is 11.4 Å². The fraction of sp³-hybridized carbons (Fsp3) is 0.100. The van der Waals surface area contributed by atoms with Gasteiger partial charge in [0.15, 0.2) is 0 Å². The van der Waals surface area contributed by atoms with Gasteiger partial charge in [-0.2, -0.15) is 4.80 Å². The van der Waals surface area contributed by atoms with Gasteiger partial charge in [-0.05, 0) is 22.9 Å². The van der Waals surface area contributed by atoms with E-state index in [0.29, 0.717) is 11.6 Å². The van der Waals surface area contributed by atoms with E-state index in [2.05, 4.69) is 20.7 Å². The second-order valence-electron chi connectivity index (χ2n) is 5.94. The third-order valence-electron chi connectivity index (χ3n) is 4.04. The monoisotopic (exact) mass is 359 g/mol. The van der Waals surface area contributed by atoms with E-state index < -0.39 is 0 Å². The fourth-order valence-corrected chi connectivity index (χ4v) is 2.77. The Bertz CT molecular complexity index is 997. The van der Waals surface area contributed by atoms with Gasteiger partial charge in [0.1, 0.15) is 18.3 Å². The number of carbonyl (C=O) groups is 1. The number of tetrazole rings is 1. The number of carbonyl (C=O) groups excluding carboxylic acids is 1. The summed E-state index contributed by atoms with van der Waals surface area (Å²) in [5.41, 5.74) is 1.78. The summed E-state index contributed by atoms with van der Waals surface area (Å²) in [4.78, 5) is 13.8.